The second-order valence-corrected chi connectivity index (χ2v) is 4.30. The van der Waals surface area contributed by atoms with Crippen LogP contribution < -0.4 is 0 Å². The number of phenols is 1. The predicted molar refractivity (Wildman–Crippen MR) is 62.7 cm³/mol. The molecular weight excluding hydrogens is 204 g/mol. The van der Waals surface area contributed by atoms with E-state index in [2.05, 4.69) is 25.5 Å². The Kier molecular flexibility index (Phi) is 3.93. The molecule has 0 fully saturated rings. The van der Waals surface area contributed by atoms with E-state index >= 15 is 0 Å². The van der Waals surface area contributed by atoms with Gasteiger partial charge in [0.1, 0.15) is 11.3 Å². The topological polar surface area (TPSA) is 46.5 Å². The van der Waals surface area contributed by atoms with Crippen molar-refractivity contribution in [2.75, 3.05) is 7.11 Å². The number of hydrogen-bond donors (Lipinski definition) is 1. The van der Waals surface area contributed by atoms with E-state index < -0.39 is 5.97 Å². The minimum Gasteiger partial charge on any atom is -0.507 e. The average molecular weight is 222 g/mol. The van der Waals surface area contributed by atoms with Crippen LogP contribution >= 0.6 is 0 Å². The highest BCUT2D eigenvalue weighted by atomic mass is 16.5. The Morgan fingerprint density at radius 3 is 2.44 bits per heavy atom. The molecule has 0 aromatic heterocycles. The molecule has 0 saturated carbocycles. The zero-order chi connectivity index (χ0) is 12.3. The number of aromatic hydroxyl groups is 1. The Bertz CT molecular complexity index is 383. The molecule has 1 aromatic rings. The lowest BCUT2D eigenvalue weighted by Crippen LogP contribution is -2.06. The van der Waals surface area contributed by atoms with Crippen molar-refractivity contribution >= 4 is 5.97 Å². The van der Waals surface area contributed by atoms with Crippen molar-refractivity contribution in [1.82, 2.24) is 0 Å². The van der Waals surface area contributed by atoms with E-state index in [1.807, 2.05) is 6.07 Å². The molecule has 0 aliphatic carbocycles. The molecule has 16 heavy (non-hydrogen) atoms. The van der Waals surface area contributed by atoms with Gasteiger partial charge in [-0.2, -0.15) is 0 Å². The fraction of sp³-hybridized carbons (Fsp3) is 0.462. The first-order valence-corrected chi connectivity index (χ1v) is 5.38. The summed E-state index contributed by atoms with van der Waals surface area (Å²) in [5.74, 6) is 0.279. The Morgan fingerprint density at radius 2 is 1.94 bits per heavy atom. The summed E-state index contributed by atoms with van der Waals surface area (Å²) in [7, 11) is 1.31. The van der Waals surface area contributed by atoms with E-state index in [4.69, 9.17) is 0 Å². The van der Waals surface area contributed by atoms with Gasteiger partial charge in [0, 0.05) is 0 Å². The van der Waals surface area contributed by atoms with Crippen LogP contribution in [0.25, 0.3) is 0 Å². The van der Waals surface area contributed by atoms with Gasteiger partial charge in [-0.15, -0.1) is 0 Å². The van der Waals surface area contributed by atoms with Gasteiger partial charge in [-0.25, -0.2) is 4.79 Å². The standard InChI is InChI=1S/C13H18O3/c1-8(2)9(3)10-5-6-12(14)11(7-10)13(15)16-4/h5-9,14H,1-4H3. The van der Waals surface area contributed by atoms with Crippen LogP contribution in [0, 0.1) is 5.92 Å². The Morgan fingerprint density at radius 1 is 1.31 bits per heavy atom. The van der Waals surface area contributed by atoms with Gasteiger partial charge in [-0.05, 0) is 29.5 Å². The molecule has 0 heterocycles. The van der Waals surface area contributed by atoms with Gasteiger partial charge in [0.15, 0.2) is 0 Å². The number of carbonyl (C=O) groups is 1. The van der Waals surface area contributed by atoms with Gasteiger partial charge in [-0.1, -0.05) is 26.8 Å². The van der Waals surface area contributed by atoms with Crippen molar-refractivity contribution in [3.63, 3.8) is 0 Å². The highest BCUT2D eigenvalue weighted by molar-refractivity contribution is 5.92. The highest BCUT2D eigenvalue weighted by Crippen LogP contribution is 2.28. The summed E-state index contributed by atoms with van der Waals surface area (Å²) in [5, 5.41) is 9.56. The second kappa shape index (κ2) is 5.01. The molecule has 88 valence electrons. The number of rotatable bonds is 3. The van der Waals surface area contributed by atoms with Crippen molar-refractivity contribution in [1.29, 1.82) is 0 Å². The molecule has 3 nitrogen and oxygen atoms in total. The third kappa shape index (κ3) is 2.54. The maximum Gasteiger partial charge on any atom is 0.341 e. The third-order valence-electron chi connectivity index (χ3n) is 2.95. The zero-order valence-electron chi connectivity index (χ0n) is 10.2. The summed E-state index contributed by atoms with van der Waals surface area (Å²) in [5.41, 5.74) is 1.26. The molecule has 0 amide bonds. The van der Waals surface area contributed by atoms with Crippen molar-refractivity contribution < 1.29 is 14.6 Å². The number of hydrogen-bond acceptors (Lipinski definition) is 3. The molecule has 0 spiro atoms. The fourth-order valence-electron chi connectivity index (χ4n) is 1.50. The highest BCUT2D eigenvalue weighted by Gasteiger charge is 2.16. The van der Waals surface area contributed by atoms with E-state index in [0.717, 1.165) is 5.56 Å². The van der Waals surface area contributed by atoms with Crippen molar-refractivity contribution in [2.24, 2.45) is 5.92 Å². The quantitative estimate of drug-likeness (QED) is 0.800. The van der Waals surface area contributed by atoms with Crippen LogP contribution in [-0.4, -0.2) is 18.2 Å². The van der Waals surface area contributed by atoms with Crippen LogP contribution in [0.5, 0.6) is 5.75 Å². The molecule has 1 rings (SSSR count). The number of phenolic OH excluding ortho intramolecular Hbond substituents is 1. The predicted octanol–water partition coefficient (Wildman–Crippen LogP) is 2.94. The molecule has 0 aliphatic rings. The average Bonchev–Trinajstić information content (AvgIpc) is 2.27. The fourth-order valence-corrected chi connectivity index (χ4v) is 1.50. The first kappa shape index (κ1) is 12.6. The number of carbonyl (C=O) groups excluding carboxylic acids is 1. The van der Waals surface area contributed by atoms with E-state index in [1.54, 1.807) is 12.1 Å². The largest absolute Gasteiger partial charge is 0.507 e. The molecule has 0 bridgehead atoms. The third-order valence-corrected chi connectivity index (χ3v) is 2.95. The van der Waals surface area contributed by atoms with Gasteiger partial charge in [0.25, 0.3) is 0 Å². The van der Waals surface area contributed by atoms with Crippen LogP contribution in [0.4, 0.5) is 0 Å². The maximum atomic E-state index is 11.4. The first-order valence-electron chi connectivity index (χ1n) is 5.38. The molecule has 1 unspecified atom stereocenters. The summed E-state index contributed by atoms with van der Waals surface area (Å²) in [6, 6.07) is 5.08. The Hall–Kier alpha value is -1.51. The number of ether oxygens (including phenoxy) is 1. The molecule has 1 N–H and O–H groups in total. The minimum absolute atomic E-state index is 0.0356. The van der Waals surface area contributed by atoms with E-state index in [9.17, 15) is 9.90 Å². The van der Waals surface area contributed by atoms with Crippen LogP contribution in [-0.2, 0) is 4.74 Å². The minimum atomic E-state index is -0.504. The SMILES string of the molecule is COC(=O)c1cc(C(C)C(C)C)ccc1O. The Labute approximate surface area is 96.1 Å². The molecule has 3 heteroatoms. The molecular formula is C13H18O3. The first-order chi connectivity index (χ1) is 7.47. The van der Waals surface area contributed by atoms with Crippen LogP contribution in [0.1, 0.15) is 42.6 Å². The lowest BCUT2D eigenvalue weighted by Gasteiger charge is -2.16. The van der Waals surface area contributed by atoms with Crippen LogP contribution in [0.2, 0.25) is 0 Å². The Balaban J connectivity index is 3.12. The number of methoxy groups -OCH3 is 1. The molecule has 0 aliphatic heterocycles. The van der Waals surface area contributed by atoms with Gasteiger partial charge >= 0.3 is 5.97 Å². The summed E-state index contributed by atoms with van der Waals surface area (Å²) < 4.78 is 4.61. The summed E-state index contributed by atoms with van der Waals surface area (Å²) in [6.45, 7) is 6.34. The summed E-state index contributed by atoms with van der Waals surface area (Å²) in [6.07, 6.45) is 0. The summed E-state index contributed by atoms with van der Waals surface area (Å²) in [4.78, 5) is 11.4. The molecule has 1 atom stereocenters. The normalized spacial score (nSPS) is 12.6. The van der Waals surface area contributed by atoms with E-state index in [-0.39, 0.29) is 11.3 Å². The zero-order valence-corrected chi connectivity index (χ0v) is 10.2. The number of esters is 1. The van der Waals surface area contributed by atoms with Crippen LogP contribution in [0.3, 0.4) is 0 Å². The van der Waals surface area contributed by atoms with Crippen molar-refractivity contribution in [3.8, 4) is 5.75 Å². The van der Waals surface area contributed by atoms with Gasteiger partial charge in [0.05, 0.1) is 7.11 Å². The van der Waals surface area contributed by atoms with Crippen molar-refractivity contribution in [2.45, 2.75) is 26.7 Å². The number of benzene rings is 1. The lowest BCUT2D eigenvalue weighted by atomic mass is 9.89. The molecule has 1 aromatic carbocycles. The van der Waals surface area contributed by atoms with E-state index in [0.29, 0.717) is 11.8 Å². The van der Waals surface area contributed by atoms with E-state index in [1.165, 1.54) is 7.11 Å². The smallest absolute Gasteiger partial charge is 0.341 e. The van der Waals surface area contributed by atoms with Crippen LogP contribution in [0.15, 0.2) is 18.2 Å². The van der Waals surface area contributed by atoms with Crippen molar-refractivity contribution in [3.05, 3.63) is 29.3 Å². The van der Waals surface area contributed by atoms with Gasteiger partial charge < -0.3 is 9.84 Å². The summed E-state index contributed by atoms with van der Waals surface area (Å²) >= 11 is 0. The van der Waals surface area contributed by atoms with Gasteiger partial charge in [0.2, 0.25) is 0 Å². The lowest BCUT2D eigenvalue weighted by molar-refractivity contribution is 0.0597. The molecule has 0 saturated heterocycles. The monoisotopic (exact) mass is 222 g/mol. The van der Waals surface area contributed by atoms with Gasteiger partial charge in [-0.3, -0.25) is 0 Å². The molecule has 0 radical (unpaired) electrons. The second-order valence-electron chi connectivity index (χ2n) is 4.30. The maximum absolute atomic E-state index is 11.4.